The fourth-order valence-corrected chi connectivity index (χ4v) is 2.15. The molecule has 1 saturated heterocycles. The summed E-state index contributed by atoms with van der Waals surface area (Å²) >= 11 is 0. The summed E-state index contributed by atoms with van der Waals surface area (Å²) in [6.07, 6.45) is -0.857. The number of hydrogen-bond donors (Lipinski definition) is 4. The Hall–Kier alpha value is -2.12. The molecule has 0 unspecified atom stereocenters. The van der Waals surface area contributed by atoms with Crippen LogP contribution < -0.4 is 10.6 Å². The lowest BCUT2D eigenvalue weighted by atomic mass is 9.57. The van der Waals surface area contributed by atoms with E-state index < -0.39 is 47.7 Å². The number of carbonyl (C=O) groups excluding carboxylic acids is 2. The average molecular weight is 228 g/mol. The summed E-state index contributed by atoms with van der Waals surface area (Å²) in [5.41, 5.74) is -3.34. The maximum atomic E-state index is 11.3. The van der Waals surface area contributed by atoms with E-state index in [2.05, 4.69) is 5.32 Å². The Balaban J connectivity index is 2.25. The van der Waals surface area contributed by atoms with Crippen LogP contribution in [0.4, 0.5) is 4.79 Å². The van der Waals surface area contributed by atoms with E-state index in [4.69, 9.17) is 10.2 Å². The largest absolute Gasteiger partial charge is 0.480 e. The third-order valence-electron chi connectivity index (χ3n) is 3.04. The highest BCUT2D eigenvalue weighted by Crippen LogP contribution is 2.50. The number of carboxylic acid groups (broad SMARTS) is 2. The molecule has 4 N–H and O–H groups in total. The van der Waals surface area contributed by atoms with Crippen LogP contribution in [0.25, 0.3) is 0 Å². The summed E-state index contributed by atoms with van der Waals surface area (Å²) in [6.45, 7) is 0. The Morgan fingerprint density at radius 2 is 1.62 bits per heavy atom. The molecule has 16 heavy (non-hydrogen) atoms. The summed E-state index contributed by atoms with van der Waals surface area (Å²) in [7, 11) is 0. The second-order valence-corrected chi connectivity index (χ2v) is 4.04. The van der Waals surface area contributed by atoms with Gasteiger partial charge in [-0.1, -0.05) is 0 Å². The number of carbonyl (C=O) groups is 4. The summed E-state index contributed by atoms with van der Waals surface area (Å²) < 4.78 is 0. The van der Waals surface area contributed by atoms with Gasteiger partial charge in [0, 0.05) is 12.8 Å². The fraction of sp³-hybridized carbons (Fsp3) is 0.500. The minimum absolute atomic E-state index is 0.428. The van der Waals surface area contributed by atoms with Crippen LogP contribution in [0.2, 0.25) is 0 Å². The first-order valence-corrected chi connectivity index (χ1v) is 4.43. The number of nitrogens with one attached hydrogen (secondary N) is 2. The predicted octanol–water partition coefficient (Wildman–Crippen LogP) is -1.49. The molecule has 0 radical (unpaired) electrons. The normalized spacial score (nSPS) is 24.5. The standard InChI is InChI=1S/C8H8N2O6/c11-3-8(10-6(16)9-3)1-7(2-8,4(12)13)5(14)15/h1-2H2,(H,12,13)(H,14,15)(H2,9,10,11,16). The van der Waals surface area contributed by atoms with Crippen LogP contribution in [0.15, 0.2) is 0 Å². The molecule has 1 saturated carbocycles. The van der Waals surface area contributed by atoms with Crippen molar-refractivity contribution in [2.24, 2.45) is 5.41 Å². The van der Waals surface area contributed by atoms with E-state index in [1.54, 1.807) is 0 Å². The lowest BCUT2D eigenvalue weighted by molar-refractivity contribution is -0.178. The highest BCUT2D eigenvalue weighted by Gasteiger charge is 2.69. The molecular weight excluding hydrogens is 220 g/mol. The first-order valence-electron chi connectivity index (χ1n) is 4.43. The van der Waals surface area contributed by atoms with Gasteiger partial charge < -0.3 is 15.5 Å². The van der Waals surface area contributed by atoms with Crippen molar-refractivity contribution in [1.29, 1.82) is 0 Å². The molecule has 8 heteroatoms. The molecule has 3 amide bonds. The van der Waals surface area contributed by atoms with E-state index in [9.17, 15) is 19.2 Å². The molecule has 0 aromatic rings. The fourth-order valence-electron chi connectivity index (χ4n) is 2.15. The van der Waals surface area contributed by atoms with Gasteiger partial charge in [0.1, 0.15) is 5.54 Å². The number of carboxylic acids is 2. The van der Waals surface area contributed by atoms with Crippen LogP contribution in [-0.4, -0.2) is 39.6 Å². The Morgan fingerprint density at radius 1 is 1.12 bits per heavy atom. The predicted molar refractivity (Wildman–Crippen MR) is 46.3 cm³/mol. The van der Waals surface area contributed by atoms with Crippen molar-refractivity contribution in [3.05, 3.63) is 0 Å². The molecule has 1 aliphatic carbocycles. The van der Waals surface area contributed by atoms with Crippen LogP contribution in [0.5, 0.6) is 0 Å². The van der Waals surface area contributed by atoms with Gasteiger partial charge in [0.2, 0.25) is 0 Å². The molecule has 0 atom stereocenters. The first-order chi connectivity index (χ1) is 7.32. The summed E-state index contributed by atoms with van der Waals surface area (Å²) in [6, 6.07) is -0.727. The second-order valence-electron chi connectivity index (χ2n) is 4.04. The minimum Gasteiger partial charge on any atom is -0.480 e. The van der Waals surface area contributed by atoms with Gasteiger partial charge in [0.25, 0.3) is 5.91 Å². The van der Waals surface area contributed by atoms with Gasteiger partial charge in [0.05, 0.1) is 0 Å². The Kier molecular flexibility index (Phi) is 1.76. The molecule has 1 spiro atoms. The molecule has 0 aromatic carbocycles. The third-order valence-corrected chi connectivity index (χ3v) is 3.04. The van der Waals surface area contributed by atoms with E-state index in [0.717, 1.165) is 0 Å². The van der Waals surface area contributed by atoms with Crippen LogP contribution in [0.3, 0.4) is 0 Å². The van der Waals surface area contributed by atoms with Crippen molar-refractivity contribution in [3.8, 4) is 0 Å². The van der Waals surface area contributed by atoms with Gasteiger partial charge in [0.15, 0.2) is 5.41 Å². The van der Waals surface area contributed by atoms with Crippen molar-refractivity contribution >= 4 is 23.9 Å². The smallest absolute Gasteiger partial charge is 0.322 e. The second kappa shape index (κ2) is 2.71. The summed E-state index contributed by atoms with van der Waals surface area (Å²) in [5, 5.41) is 21.9. The Bertz CT molecular complexity index is 406. The van der Waals surface area contributed by atoms with Gasteiger partial charge in [-0.25, -0.2) is 4.79 Å². The lowest BCUT2D eigenvalue weighted by Gasteiger charge is -2.46. The van der Waals surface area contributed by atoms with Crippen molar-refractivity contribution in [2.75, 3.05) is 0 Å². The maximum Gasteiger partial charge on any atom is 0.322 e. The number of rotatable bonds is 2. The van der Waals surface area contributed by atoms with Gasteiger partial charge in [-0.15, -0.1) is 0 Å². The summed E-state index contributed by atoms with van der Waals surface area (Å²) in [4.78, 5) is 43.9. The van der Waals surface area contributed by atoms with Gasteiger partial charge in [-0.05, 0) is 0 Å². The van der Waals surface area contributed by atoms with Crippen molar-refractivity contribution in [1.82, 2.24) is 10.6 Å². The number of urea groups is 1. The van der Waals surface area contributed by atoms with Crippen LogP contribution in [0.1, 0.15) is 12.8 Å². The highest BCUT2D eigenvalue weighted by molar-refractivity contribution is 6.11. The molecular formula is C8H8N2O6. The molecule has 2 aliphatic rings. The van der Waals surface area contributed by atoms with Crippen LogP contribution >= 0.6 is 0 Å². The Morgan fingerprint density at radius 3 is 1.94 bits per heavy atom. The maximum absolute atomic E-state index is 11.3. The zero-order valence-corrected chi connectivity index (χ0v) is 7.94. The monoisotopic (exact) mass is 228 g/mol. The van der Waals surface area contributed by atoms with E-state index in [1.807, 2.05) is 5.32 Å². The summed E-state index contributed by atoms with van der Waals surface area (Å²) in [5.74, 6) is -3.67. The lowest BCUT2D eigenvalue weighted by Crippen LogP contribution is -2.67. The molecule has 1 aliphatic heterocycles. The average Bonchev–Trinajstić information content (AvgIpc) is 2.36. The number of aliphatic carboxylic acids is 2. The zero-order chi connectivity index (χ0) is 12.1. The SMILES string of the molecule is O=C1NC(=O)C2(CC(C(=O)O)(C(=O)O)C2)N1. The molecule has 0 aromatic heterocycles. The van der Waals surface area contributed by atoms with Gasteiger partial charge >= 0.3 is 18.0 Å². The number of amides is 3. The number of imide groups is 1. The molecule has 2 fully saturated rings. The van der Waals surface area contributed by atoms with Crippen molar-refractivity contribution in [3.63, 3.8) is 0 Å². The molecule has 0 bridgehead atoms. The molecule has 8 nitrogen and oxygen atoms in total. The van der Waals surface area contributed by atoms with Crippen LogP contribution in [-0.2, 0) is 14.4 Å². The minimum atomic E-state index is -1.98. The molecule has 1 heterocycles. The van der Waals surface area contributed by atoms with Gasteiger partial charge in [-0.2, -0.15) is 0 Å². The topological polar surface area (TPSA) is 133 Å². The third kappa shape index (κ3) is 1.03. The zero-order valence-electron chi connectivity index (χ0n) is 7.94. The van der Waals surface area contributed by atoms with E-state index >= 15 is 0 Å². The molecule has 2 rings (SSSR count). The number of hydrogen-bond acceptors (Lipinski definition) is 4. The van der Waals surface area contributed by atoms with E-state index in [0.29, 0.717) is 0 Å². The highest BCUT2D eigenvalue weighted by atomic mass is 16.4. The van der Waals surface area contributed by atoms with E-state index in [1.165, 1.54) is 0 Å². The van der Waals surface area contributed by atoms with Gasteiger partial charge in [-0.3, -0.25) is 19.7 Å². The van der Waals surface area contributed by atoms with E-state index in [-0.39, 0.29) is 0 Å². The Labute approximate surface area is 88.6 Å². The van der Waals surface area contributed by atoms with Crippen molar-refractivity contribution in [2.45, 2.75) is 18.4 Å². The quantitative estimate of drug-likeness (QED) is 0.336. The first kappa shape index (κ1) is 10.4. The molecule has 86 valence electrons. The van der Waals surface area contributed by atoms with Crippen LogP contribution in [0, 0.1) is 5.41 Å². The van der Waals surface area contributed by atoms with Crippen molar-refractivity contribution < 1.29 is 29.4 Å².